The van der Waals surface area contributed by atoms with Crippen LogP contribution in [0.3, 0.4) is 0 Å². The number of alkyl halides is 3. The van der Waals surface area contributed by atoms with Crippen molar-refractivity contribution in [2.45, 2.75) is 30.0 Å². The molecule has 0 aromatic heterocycles. The number of halogens is 3. The van der Waals surface area contributed by atoms with Gasteiger partial charge in [-0.3, -0.25) is 4.79 Å². The number of amides is 1. The lowest BCUT2D eigenvalue weighted by Gasteiger charge is -2.32. The van der Waals surface area contributed by atoms with Crippen LogP contribution < -0.4 is 9.62 Å². The van der Waals surface area contributed by atoms with Crippen molar-refractivity contribution < 1.29 is 26.4 Å². The Kier molecular flexibility index (Phi) is 7.61. The van der Waals surface area contributed by atoms with E-state index in [4.69, 9.17) is 0 Å². The zero-order valence-electron chi connectivity index (χ0n) is 20.5. The predicted molar refractivity (Wildman–Crippen MR) is 137 cm³/mol. The number of anilines is 1. The Balaban J connectivity index is 1.46. The Morgan fingerprint density at radius 1 is 0.919 bits per heavy atom. The van der Waals surface area contributed by atoms with Crippen molar-refractivity contribution in [1.82, 2.24) is 9.62 Å². The van der Waals surface area contributed by atoms with E-state index in [9.17, 15) is 26.4 Å². The molecule has 4 rings (SSSR count). The van der Waals surface area contributed by atoms with Gasteiger partial charge in [-0.15, -0.1) is 0 Å². The number of piperidine rings is 1. The molecule has 1 fully saturated rings. The Morgan fingerprint density at radius 2 is 1.54 bits per heavy atom. The maximum Gasteiger partial charge on any atom is 0.417 e. The highest BCUT2D eigenvalue weighted by molar-refractivity contribution is 7.89. The first-order chi connectivity index (χ1) is 17.5. The van der Waals surface area contributed by atoms with Crippen LogP contribution in [0.2, 0.25) is 0 Å². The molecule has 0 aliphatic carbocycles. The average Bonchev–Trinajstić information content (AvgIpc) is 2.88. The highest BCUT2D eigenvalue weighted by atomic mass is 32.2. The SMILES string of the molecule is CN(C)c1ccc(C(=O)N2CCC(NS(=O)(=O)c3ccc(-c4ccccc4)cc3C(F)(F)F)CC2)cc1. The number of benzene rings is 3. The Labute approximate surface area is 214 Å². The molecule has 0 bridgehead atoms. The summed E-state index contributed by atoms with van der Waals surface area (Å²) in [5, 5.41) is 0. The first-order valence-corrected chi connectivity index (χ1v) is 13.3. The Morgan fingerprint density at radius 3 is 2.11 bits per heavy atom. The summed E-state index contributed by atoms with van der Waals surface area (Å²) in [6.07, 6.45) is -4.26. The molecule has 0 atom stereocenters. The second-order valence-electron chi connectivity index (χ2n) is 9.20. The van der Waals surface area contributed by atoms with Crippen LogP contribution in [0, 0.1) is 0 Å². The molecule has 1 saturated heterocycles. The number of nitrogens with one attached hydrogen (secondary N) is 1. The zero-order chi connectivity index (χ0) is 26.8. The lowest BCUT2D eigenvalue weighted by Crippen LogP contribution is -2.46. The molecular formula is C27H28F3N3O3S. The van der Waals surface area contributed by atoms with Crippen molar-refractivity contribution in [2.75, 3.05) is 32.1 Å². The van der Waals surface area contributed by atoms with Gasteiger partial charge in [0, 0.05) is 44.5 Å². The molecule has 0 spiro atoms. The maximum absolute atomic E-state index is 13.9. The normalized spacial score (nSPS) is 15.0. The molecule has 0 unspecified atom stereocenters. The van der Waals surface area contributed by atoms with E-state index in [0.717, 1.165) is 17.8 Å². The number of likely N-dealkylation sites (tertiary alicyclic amines) is 1. The van der Waals surface area contributed by atoms with Gasteiger partial charge in [-0.25, -0.2) is 13.1 Å². The number of sulfonamides is 1. The van der Waals surface area contributed by atoms with Gasteiger partial charge in [0.2, 0.25) is 10.0 Å². The minimum absolute atomic E-state index is 0.164. The van der Waals surface area contributed by atoms with Crippen LogP contribution >= 0.6 is 0 Å². The van der Waals surface area contributed by atoms with Gasteiger partial charge in [-0.1, -0.05) is 36.4 Å². The average molecular weight is 532 g/mol. The van der Waals surface area contributed by atoms with E-state index in [1.807, 2.05) is 31.1 Å². The molecule has 0 radical (unpaired) electrons. The topological polar surface area (TPSA) is 69.7 Å². The third-order valence-corrected chi connectivity index (χ3v) is 7.99. The second-order valence-corrected chi connectivity index (χ2v) is 10.9. The lowest BCUT2D eigenvalue weighted by molar-refractivity contribution is -0.139. The van der Waals surface area contributed by atoms with Gasteiger partial charge in [0.05, 0.1) is 10.5 Å². The number of hydrogen-bond acceptors (Lipinski definition) is 4. The lowest BCUT2D eigenvalue weighted by atomic mass is 10.0. The molecule has 1 aliphatic heterocycles. The predicted octanol–water partition coefficient (Wildman–Crippen LogP) is 5.02. The van der Waals surface area contributed by atoms with Crippen molar-refractivity contribution in [3.8, 4) is 11.1 Å². The largest absolute Gasteiger partial charge is 0.417 e. The van der Waals surface area contributed by atoms with E-state index in [1.165, 1.54) is 6.07 Å². The molecule has 1 N–H and O–H groups in total. The fraction of sp³-hybridized carbons (Fsp3) is 0.296. The van der Waals surface area contributed by atoms with E-state index >= 15 is 0 Å². The summed E-state index contributed by atoms with van der Waals surface area (Å²) in [6, 6.07) is 18.3. The summed E-state index contributed by atoms with van der Waals surface area (Å²) in [4.78, 5) is 15.6. The monoisotopic (exact) mass is 531 g/mol. The minimum atomic E-state index is -4.85. The molecule has 3 aromatic rings. The zero-order valence-corrected chi connectivity index (χ0v) is 21.3. The van der Waals surface area contributed by atoms with E-state index in [2.05, 4.69) is 4.72 Å². The summed E-state index contributed by atoms with van der Waals surface area (Å²) in [7, 11) is -0.652. The van der Waals surface area contributed by atoms with E-state index in [1.54, 1.807) is 47.4 Å². The van der Waals surface area contributed by atoms with Crippen LogP contribution in [0.25, 0.3) is 11.1 Å². The van der Waals surface area contributed by atoms with Crippen LogP contribution in [0.1, 0.15) is 28.8 Å². The van der Waals surface area contributed by atoms with Crippen molar-refractivity contribution in [3.05, 3.63) is 83.9 Å². The number of carbonyl (C=O) groups excluding carboxylic acids is 1. The van der Waals surface area contributed by atoms with Crippen LogP contribution in [0.5, 0.6) is 0 Å². The van der Waals surface area contributed by atoms with Gasteiger partial charge in [-0.2, -0.15) is 13.2 Å². The van der Waals surface area contributed by atoms with E-state index < -0.39 is 32.7 Å². The van der Waals surface area contributed by atoms with E-state index in [-0.39, 0.29) is 11.5 Å². The van der Waals surface area contributed by atoms with Crippen molar-refractivity contribution >= 4 is 21.6 Å². The maximum atomic E-state index is 13.9. The van der Waals surface area contributed by atoms with Crippen molar-refractivity contribution in [3.63, 3.8) is 0 Å². The number of nitrogens with zero attached hydrogens (tertiary/aromatic N) is 2. The first-order valence-electron chi connectivity index (χ1n) is 11.8. The molecule has 10 heteroatoms. The molecular weight excluding hydrogens is 503 g/mol. The van der Waals surface area contributed by atoms with E-state index in [0.29, 0.717) is 37.1 Å². The highest BCUT2D eigenvalue weighted by Gasteiger charge is 2.38. The van der Waals surface area contributed by atoms with Gasteiger partial charge >= 0.3 is 6.18 Å². The van der Waals surface area contributed by atoms with Crippen LogP contribution in [-0.4, -0.2) is 52.5 Å². The number of carbonyl (C=O) groups is 1. The van der Waals surface area contributed by atoms with Gasteiger partial charge in [0.1, 0.15) is 0 Å². The number of hydrogen-bond donors (Lipinski definition) is 1. The highest BCUT2D eigenvalue weighted by Crippen LogP contribution is 2.37. The minimum Gasteiger partial charge on any atom is -0.378 e. The summed E-state index contributed by atoms with van der Waals surface area (Å²) in [5.41, 5.74) is 1.10. The third-order valence-electron chi connectivity index (χ3n) is 6.42. The number of rotatable bonds is 6. The summed E-state index contributed by atoms with van der Waals surface area (Å²) >= 11 is 0. The standard InChI is InChI=1S/C27H28F3N3O3S/c1-32(2)23-11-8-20(9-12-23)26(34)33-16-14-22(15-17-33)31-37(35,36)25-13-10-21(18-24(25)27(28,29)30)19-6-4-3-5-7-19/h3-13,18,22,31H,14-17H2,1-2H3. The van der Waals surface area contributed by atoms with Gasteiger partial charge in [0.15, 0.2) is 0 Å². The van der Waals surface area contributed by atoms with Gasteiger partial charge in [-0.05, 0) is 60.4 Å². The second kappa shape index (κ2) is 10.5. The molecule has 37 heavy (non-hydrogen) atoms. The molecule has 0 saturated carbocycles. The summed E-state index contributed by atoms with van der Waals surface area (Å²) in [6.45, 7) is 0.584. The molecule has 1 amide bonds. The van der Waals surface area contributed by atoms with Crippen LogP contribution in [0.15, 0.2) is 77.7 Å². The molecule has 6 nitrogen and oxygen atoms in total. The fourth-order valence-electron chi connectivity index (χ4n) is 4.36. The molecule has 196 valence electrons. The molecule has 3 aromatic carbocycles. The first kappa shape index (κ1) is 26.7. The molecule has 1 aliphatic rings. The van der Waals surface area contributed by atoms with Crippen LogP contribution in [-0.2, 0) is 16.2 Å². The smallest absolute Gasteiger partial charge is 0.378 e. The quantitative estimate of drug-likeness (QED) is 0.485. The Bertz CT molecular complexity index is 1350. The van der Waals surface area contributed by atoms with Gasteiger partial charge in [0.25, 0.3) is 5.91 Å². The van der Waals surface area contributed by atoms with Crippen molar-refractivity contribution in [1.29, 1.82) is 0 Å². The van der Waals surface area contributed by atoms with Gasteiger partial charge < -0.3 is 9.80 Å². The molecule has 1 heterocycles. The summed E-state index contributed by atoms with van der Waals surface area (Å²) < 4.78 is 70.2. The third kappa shape index (κ3) is 6.14. The Hall–Kier alpha value is -3.37. The van der Waals surface area contributed by atoms with Crippen LogP contribution in [0.4, 0.5) is 18.9 Å². The van der Waals surface area contributed by atoms with Crippen molar-refractivity contribution in [2.24, 2.45) is 0 Å². The fourth-order valence-corrected chi connectivity index (χ4v) is 5.88. The summed E-state index contributed by atoms with van der Waals surface area (Å²) in [5.74, 6) is -0.164.